The molecule has 1 N–H and O–H groups in total. The van der Waals surface area contributed by atoms with Crippen LogP contribution in [0.2, 0.25) is 0 Å². The van der Waals surface area contributed by atoms with Crippen molar-refractivity contribution in [3.8, 4) is 0 Å². The molecule has 1 aliphatic rings. The highest BCUT2D eigenvalue weighted by atomic mass is 79.9. The zero-order valence-corrected chi connectivity index (χ0v) is 18.4. The van der Waals surface area contributed by atoms with Gasteiger partial charge >= 0.3 is 0 Å². The van der Waals surface area contributed by atoms with Crippen LogP contribution >= 0.6 is 15.9 Å². The molecule has 1 fully saturated rings. The van der Waals surface area contributed by atoms with Gasteiger partial charge < -0.3 is 9.64 Å². The third kappa shape index (κ3) is 4.56. The first kappa shape index (κ1) is 20.8. The predicted molar refractivity (Wildman–Crippen MR) is 112 cm³/mol. The topological polar surface area (TPSA) is 75.7 Å². The second kappa shape index (κ2) is 8.23. The number of sulfonamides is 1. The van der Waals surface area contributed by atoms with E-state index in [1.54, 1.807) is 41.3 Å². The number of para-hydroxylation sites is 1. The van der Waals surface area contributed by atoms with E-state index in [9.17, 15) is 13.2 Å². The quantitative estimate of drug-likeness (QED) is 0.742. The van der Waals surface area contributed by atoms with Crippen molar-refractivity contribution in [2.24, 2.45) is 0 Å². The molecule has 0 saturated carbocycles. The normalized spacial score (nSPS) is 20.1. The molecule has 0 spiro atoms. The van der Waals surface area contributed by atoms with Crippen LogP contribution in [0, 0.1) is 6.92 Å². The summed E-state index contributed by atoms with van der Waals surface area (Å²) in [6.45, 7) is 6.59. The minimum atomic E-state index is -3.83. The predicted octanol–water partition coefficient (Wildman–Crippen LogP) is 3.81. The van der Waals surface area contributed by atoms with Crippen molar-refractivity contribution < 1.29 is 17.9 Å². The Hall–Kier alpha value is -1.90. The number of ether oxygens (including phenoxy) is 1. The number of nitrogens with one attached hydrogen (secondary N) is 1. The van der Waals surface area contributed by atoms with Gasteiger partial charge in [0.1, 0.15) is 0 Å². The van der Waals surface area contributed by atoms with Crippen LogP contribution in [-0.2, 0) is 14.8 Å². The Morgan fingerprint density at radius 1 is 1.14 bits per heavy atom. The number of nitrogens with zero attached hydrogens (tertiary/aromatic N) is 1. The number of aryl methyl sites for hydroxylation is 1. The monoisotopic (exact) mass is 466 g/mol. The van der Waals surface area contributed by atoms with E-state index in [1.807, 2.05) is 20.8 Å². The van der Waals surface area contributed by atoms with Gasteiger partial charge in [0.2, 0.25) is 0 Å². The minimum absolute atomic E-state index is 0.0673. The van der Waals surface area contributed by atoms with Crippen LogP contribution < -0.4 is 4.72 Å². The van der Waals surface area contributed by atoms with E-state index >= 15 is 0 Å². The molecule has 28 heavy (non-hydrogen) atoms. The van der Waals surface area contributed by atoms with Crippen molar-refractivity contribution in [3.63, 3.8) is 0 Å². The van der Waals surface area contributed by atoms with Gasteiger partial charge in [-0.25, -0.2) is 8.42 Å². The molecule has 2 aromatic rings. The van der Waals surface area contributed by atoms with Gasteiger partial charge in [0.05, 0.1) is 28.4 Å². The van der Waals surface area contributed by atoms with Crippen molar-refractivity contribution in [2.45, 2.75) is 37.9 Å². The first-order chi connectivity index (χ1) is 13.2. The number of benzene rings is 2. The third-order valence-electron chi connectivity index (χ3n) is 4.55. The maximum absolute atomic E-state index is 13.1. The molecule has 3 rings (SSSR count). The number of halogens is 1. The maximum Gasteiger partial charge on any atom is 0.261 e. The van der Waals surface area contributed by atoms with Crippen molar-refractivity contribution in [1.29, 1.82) is 0 Å². The Bertz CT molecular complexity index is 983. The molecule has 2 aromatic carbocycles. The fraction of sp³-hybridized carbons (Fsp3) is 0.350. The molecule has 8 heteroatoms. The van der Waals surface area contributed by atoms with E-state index in [-0.39, 0.29) is 28.7 Å². The summed E-state index contributed by atoms with van der Waals surface area (Å²) < 4.78 is 34.8. The second-order valence-electron chi connectivity index (χ2n) is 7.03. The largest absolute Gasteiger partial charge is 0.372 e. The van der Waals surface area contributed by atoms with Crippen LogP contribution in [0.3, 0.4) is 0 Å². The summed E-state index contributed by atoms with van der Waals surface area (Å²) in [4.78, 5) is 14.9. The number of morpholine rings is 1. The molecule has 1 amide bonds. The highest BCUT2D eigenvalue weighted by Crippen LogP contribution is 2.25. The number of carbonyl (C=O) groups is 1. The molecular weight excluding hydrogens is 444 g/mol. The highest BCUT2D eigenvalue weighted by molar-refractivity contribution is 9.10. The second-order valence-corrected chi connectivity index (χ2v) is 9.57. The SMILES string of the molecule is Cc1cc(S(=O)(=O)Nc2ccccc2C(=O)N2CC(C)OC(C)C2)ccc1Br. The molecule has 0 bridgehead atoms. The number of hydrogen-bond acceptors (Lipinski definition) is 4. The Balaban J connectivity index is 1.89. The summed E-state index contributed by atoms with van der Waals surface area (Å²) in [5, 5.41) is 0. The number of hydrogen-bond donors (Lipinski definition) is 1. The Morgan fingerprint density at radius 3 is 2.43 bits per heavy atom. The highest BCUT2D eigenvalue weighted by Gasteiger charge is 2.28. The standard InChI is InChI=1S/C20H23BrN2O4S/c1-13-10-16(8-9-18(13)21)28(25,26)22-19-7-5-4-6-17(19)20(24)23-11-14(2)27-15(3)12-23/h4-10,14-15,22H,11-12H2,1-3H3. The lowest BCUT2D eigenvalue weighted by Crippen LogP contribution is -2.48. The lowest BCUT2D eigenvalue weighted by molar-refractivity contribution is -0.0585. The van der Waals surface area contributed by atoms with E-state index in [0.717, 1.165) is 10.0 Å². The molecule has 2 unspecified atom stereocenters. The van der Waals surface area contributed by atoms with Crippen LogP contribution in [0.15, 0.2) is 51.8 Å². The van der Waals surface area contributed by atoms with E-state index in [2.05, 4.69) is 20.7 Å². The molecule has 1 heterocycles. The van der Waals surface area contributed by atoms with Gasteiger partial charge in [-0.15, -0.1) is 0 Å². The Morgan fingerprint density at radius 2 is 1.79 bits per heavy atom. The van der Waals surface area contributed by atoms with Crippen molar-refractivity contribution >= 4 is 37.5 Å². The number of anilines is 1. The van der Waals surface area contributed by atoms with E-state index in [0.29, 0.717) is 18.7 Å². The van der Waals surface area contributed by atoms with Gasteiger partial charge in [0.25, 0.3) is 15.9 Å². The molecule has 0 aliphatic carbocycles. The molecular formula is C20H23BrN2O4S. The summed E-state index contributed by atoms with van der Waals surface area (Å²) >= 11 is 3.37. The summed E-state index contributed by atoms with van der Waals surface area (Å²) in [5.74, 6) is -0.215. The molecule has 0 radical (unpaired) electrons. The van der Waals surface area contributed by atoms with Crippen LogP contribution in [0.1, 0.15) is 29.8 Å². The van der Waals surface area contributed by atoms with Gasteiger partial charge in [0, 0.05) is 17.6 Å². The molecule has 2 atom stereocenters. The van der Waals surface area contributed by atoms with Gasteiger partial charge in [0.15, 0.2) is 0 Å². The Labute approximate surface area is 174 Å². The Kier molecular flexibility index (Phi) is 6.12. The smallest absolute Gasteiger partial charge is 0.261 e. The van der Waals surface area contributed by atoms with Gasteiger partial charge in [-0.2, -0.15) is 0 Å². The van der Waals surface area contributed by atoms with Crippen molar-refractivity contribution in [3.05, 3.63) is 58.1 Å². The average Bonchev–Trinajstić information content (AvgIpc) is 2.62. The summed E-state index contributed by atoms with van der Waals surface area (Å²) in [6.07, 6.45) is -0.135. The minimum Gasteiger partial charge on any atom is -0.372 e. The van der Waals surface area contributed by atoms with E-state index in [1.165, 1.54) is 6.07 Å². The average molecular weight is 467 g/mol. The van der Waals surface area contributed by atoms with Crippen LogP contribution in [-0.4, -0.2) is 44.5 Å². The van der Waals surface area contributed by atoms with E-state index in [4.69, 9.17) is 4.74 Å². The number of carbonyl (C=O) groups excluding carboxylic acids is 1. The molecule has 150 valence electrons. The molecule has 1 aliphatic heterocycles. The fourth-order valence-electron chi connectivity index (χ4n) is 3.26. The first-order valence-electron chi connectivity index (χ1n) is 9.00. The van der Waals surface area contributed by atoms with Crippen LogP contribution in [0.5, 0.6) is 0 Å². The molecule has 6 nitrogen and oxygen atoms in total. The number of amides is 1. The van der Waals surface area contributed by atoms with Crippen LogP contribution in [0.4, 0.5) is 5.69 Å². The zero-order chi connectivity index (χ0) is 20.5. The van der Waals surface area contributed by atoms with Crippen LogP contribution in [0.25, 0.3) is 0 Å². The van der Waals surface area contributed by atoms with Crippen molar-refractivity contribution in [1.82, 2.24) is 4.90 Å². The third-order valence-corrected chi connectivity index (χ3v) is 6.80. The molecule has 1 saturated heterocycles. The summed E-state index contributed by atoms with van der Waals surface area (Å²) in [7, 11) is -3.83. The summed E-state index contributed by atoms with van der Waals surface area (Å²) in [6, 6.07) is 11.5. The first-order valence-corrected chi connectivity index (χ1v) is 11.3. The zero-order valence-electron chi connectivity index (χ0n) is 16.0. The van der Waals surface area contributed by atoms with Gasteiger partial charge in [-0.05, 0) is 56.7 Å². The van der Waals surface area contributed by atoms with Gasteiger partial charge in [-0.1, -0.05) is 28.1 Å². The lowest BCUT2D eigenvalue weighted by atomic mass is 10.1. The fourth-order valence-corrected chi connectivity index (χ4v) is 4.67. The van der Waals surface area contributed by atoms with E-state index < -0.39 is 10.0 Å². The lowest BCUT2D eigenvalue weighted by Gasteiger charge is -2.35. The molecule has 0 aromatic heterocycles. The number of rotatable bonds is 4. The van der Waals surface area contributed by atoms with Crippen molar-refractivity contribution in [2.75, 3.05) is 17.8 Å². The summed E-state index contributed by atoms with van der Waals surface area (Å²) in [5.41, 5.74) is 1.39. The van der Waals surface area contributed by atoms with Gasteiger partial charge in [-0.3, -0.25) is 9.52 Å². The maximum atomic E-state index is 13.1.